The van der Waals surface area contributed by atoms with E-state index in [-0.39, 0.29) is 22.5 Å². The Morgan fingerprint density at radius 1 is 1.07 bits per heavy atom. The first-order chi connectivity index (χ1) is 13.4. The van der Waals surface area contributed by atoms with Crippen molar-refractivity contribution in [3.63, 3.8) is 0 Å². The van der Waals surface area contributed by atoms with Crippen LogP contribution in [0.4, 0.5) is 0 Å². The third-order valence-corrected chi connectivity index (χ3v) is 6.02. The van der Waals surface area contributed by atoms with Crippen molar-refractivity contribution in [2.45, 2.75) is 53.5 Å². The third-order valence-electron chi connectivity index (χ3n) is 4.61. The van der Waals surface area contributed by atoms with Crippen LogP contribution in [0.3, 0.4) is 0 Å². The molecule has 2 aromatic heterocycles. The third kappa shape index (κ3) is 5.36. The number of phenolic OH excluding ortho intramolecular Hbond substituents is 1. The molecule has 0 aliphatic heterocycles. The van der Waals surface area contributed by atoms with E-state index < -0.39 is 0 Å². The SMILES string of the molecule is CC(C)(C)CN(Cc1csc(C(C)(C)C)c1)C(=O)c1ccc2cc(O)ccc2n1. The van der Waals surface area contributed by atoms with Crippen LogP contribution in [0.1, 0.15) is 62.5 Å². The molecule has 0 atom stereocenters. The highest BCUT2D eigenvalue weighted by Crippen LogP contribution is 2.30. The Morgan fingerprint density at radius 2 is 1.79 bits per heavy atom. The lowest BCUT2D eigenvalue weighted by Gasteiger charge is -2.30. The van der Waals surface area contributed by atoms with Gasteiger partial charge in [-0.15, -0.1) is 11.3 Å². The number of aromatic nitrogens is 1. The molecule has 0 bridgehead atoms. The van der Waals surface area contributed by atoms with Gasteiger partial charge in [0.15, 0.2) is 0 Å². The molecule has 1 amide bonds. The first-order valence-corrected chi connectivity index (χ1v) is 10.8. The van der Waals surface area contributed by atoms with E-state index in [1.807, 2.05) is 11.0 Å². The van der Waals surface area contributed by atoms with E-state index in [1.54, 1.807) is 35.6 Å². The first kappa shape index (κ1) is 21.3. The van der Waals surface area contributed by atoms with Gasteiger partial charge in [-0.25, -0.2) is 4.98 Å². The molecule has 0 aliphatic rings. The lowest BCUT2D eigenvalue weighted by Crippen LogP contribution is -2.37. The fourth-order valence-corrected chi connectivity index (χ4v) is 4.23. The molecule has 4 nitrogen and oxygen atoms in total. The standard InChI is InChI=1S/C24H30N2O2S/c1-23(2,3)15-26(13-16-11-21(29-14-16)24(4,5)6)22(28)20-9-7-17-12-18(27)8-10-19(17)25-20/h7-12,14,27H,13,15H2,1-6H3. The van der Waals surface area contributed by atoms with Crippen molar-refractivity contribution in [1.82, 2.24) is 9.88 Å². The van der Waals surface area contributed by atoms with Crippen LogP contribution in [0.15, 0.2) is 41.8 Å². The summed E-state index contributed by atoms with van der Waals surface area (Å²) < 4.78 is 0. The average Bonchev–Trinajstić information content (AvgIpc) is 3.08. The Hall–Kier alpha value is -2.40. The predicted molar refractivity (Wildman–Crippen MR) is 121 cm³/mol. The zero-order valence-corrected chi connectivity index (χ0v) is 18.9. The number of amides is 1. The number of hydrogen-bond donors (Lipinski definition) is 1. The van der Waals surface area contributed by atoms with E-state index in [0.717, 1.165) is 10.9 Å². The summed E-state index contributed by atoms with van der Waals surface area (Å²) in [7, 11) is 0. The molecule has 1 N–H and O–H groups in total. The van der Waals surface area contributed by atoms with E-state index in [2.05, 4.69) is 58.0 Å². The number of nitrogens with zero attached hydrogens (tertiary/aromatic N) is 2. The highest BCUT2D eigenvalue weighted by Gasteiger charge is 2.25. The van der Waals surface area contributed by atoms with E-state index in [1.165, 1.54) is 4.88 Å². The van der Waals surface area contributed by atoms with Gasteiger partial charge < -0.3 is 10.0 Å². The predicted octanol–water partition coefficient (Wildman–Crippen LogP) is 5.99. The first-order valence-electron chi connectivity index (χ1n) is 9.89. The molecular weight excluding hydrogens is 380 g/mol. The number of hydrogen-bond acceptors (Lipinski definition) is 4. The Kier molecular flexibility index (Phi) is 5.72. The number of rotatable bonds is 4. The van der Waals surface area contributed by atoms with Crippen molar-refractivity contribution in [2.24, 2.45) is 5.41 Å². The lowest BCUT2D eigenvalue weighted by atomic mass is 9.94. The number of carbonyl (C=O) groups excluding carboxylic acids is 1. The van der Waals surface area contributed by atoms with Crippen molar-refractivity contribution in [1.29, 1.82) is 0 Å². The second kappa shape index (κ2) is 7.79. The number of fused-ring (bicyclic) bond motifs is 1. The molecule has 0 unspecified atom stereocenters. The summed E-state index contributed by atoms with van der Waals surface area (Å²) in [6.07, 6.45) is 0. The van der Waals surface area contributed by atoms with Gasteiger partial charge in [0.1, 0.15) is 11.4 Å². The normalized spacial score (nSPS) is 12.3. The van der Waals surface area contributed by atoms with Crippen LogP contribution in [0.2, 0.25) is 0 Å². The van der Waals surface area contributed by atoms with Crippen molar-refractivity contribution >= 4 is 28.1 Å². The fraction of sp³-hybridized carbons (Fsp3) is 0.417. The summed E-state index contributed by atoms with van der Waals surface area (Å²) in [5.41, 5.74) is 2.37. The number of aromatic hydroxyl groups is 1. The zero-order valence-electron chi connectivity index (χ0n) is 18.1. The average molecular weight is 411 g/mol. The van der Waals surface area contributed by atoms with Crippen molar-refractivity contribution in [3.05, 3.63) is 57.9 Å². The van der Waals surface area contributed by atoms with Crippen LogP contribution >= 0.6 is 11.3 Å². The van der Waals surface area contributed by atoms with Gasteiger partial charge in [-0.2, -0.15) is 0 Å². The van der Waals surface area contributed by atoms with Crippen LogP contribution in [-0.4, -0.2) is 27.4 Å². The topological polar surface area (TPSA) is 53.4 Å². The molecule has 0 saturated heterocycles. The van der Waals surface area contributed by atoms with Crippen LogP contribution in [0, 0.1) is 5.41 Å². The Balaban J connectivity index is 1.90. The number of phenols is 1. The van der Waals surface area contributed by atoms with E-state index in [9.17, 15) is 9.90 Å². The summed E-state index contributed by atoms with van der Waals surface area (Å²) in [4.78, 5) is 21.1. The second-order valence-electron chi connectivity index (χ2n) is 9.86. The van der Waals surface area contributed by atoms with Crippen molar-refractivity contribution in [3.8, 4) is 5.75 Å². The van der Waals surface area contributed by atoms with E-state index in [0.29, 0.717) is 24.3 Å². The highest BCUT2D eigenvalue weighted by molar-refractivity contribution is 7.10. The number of thiophene rings is 1. The summed E-state index contributed by atoms with van der Waals surface area (Å²) in [6, 6.07) is 10.8. The van der Waals surface area contributed by atoms with Crippen LogP contribution < -0.4 is 0 Å². The minimum absolute atomic E-state index is 0.0266. The summed E-state index contributed by atoms with van der Waals surface area (Å²) in [5, 5.41) is 12.6. The molecule has 2 heterocycles. The van der Waals surface area contributed by atoms with Crippen LogP contribution in [0.25, 0.3) is 10.9 Å². The van der Waals surface area contributed by atoms with Gasteiger partial charge in [0.25, 0.3) is 5.91 Å². The van der Waals surface area contributed by atoms with Gasteiger partial charge in [-0.3, -0.25) is 4.79 Å². The molecule has 0 spiro atoms. The molecular formula is C24H30N2O2S. The lowest BCUT2D eigenvalue weighted by molar-refractivity contribution is 0.0674. The molecule has 0 aliphatic carbocycles. The Morgan fingerprint density at radius 3 is 2.41 bits per heavy atom. The number of carbonyl (C=O) groups is 1. The number of benzene rings is 1. The maximum absolute atomic E-state index is 13.4. The molecule has 1 aromatic carbocycles. The van der Waals surface area contributed by atoms with Crippen LogP contribution in [0.5, 0.6) is 5.75 Å². The van der Waals surface area contributed by atoms with Gasteiger partial charge in [-0.05, 0) is 52.1 Å². The van der Waals surface area contributed by atoms with Gasteiger partial charge in [0, 0.05) is 23.4 Å². The molecule has 154 valence electrons. The monoisotopic (exact) mass is 410 g/mol. The van der Waals surface area contributed by atoms with Crippen molar-refractivity contribution in [2.75, 3.05) is 6.54 Å². The van der Waals surface area contributed by atoms with Crippen molar-refractivity contribution < 1.29 is 9.90 Å². The largest absolute Gasteiger partial charge is 0.508 e. The molecule has 0 radical (unpaired) electrons. The summed E-state index contributed by atoms with van der Waals surface area (Å²) in [5.74, 6) is 0.123. The quantitative estimate of drug-likeness (QED) is 0.575. The van der Waals surface area contributed by atoms with Gasteiger partial charge >= 0.3 is 0 Å². The van der Waals surface area contributed by atoms with Gasteiger partial charge in [0.05, 0.1) is 5.52 Å². The van der Waals surface area contributed by atoms with Gasteiger partial charge in [-0.1, -0.05) is 47.6 Å². The van der Waals surface area contributed by atoms with Crippen LogP contribution in [-0.2, 0) is 12.0 Å². The Bertz CT molecular complexity index is 1030. The zero-order chi connectivity index (χ0) is 21.4. The highest BCUT2D eigenvalue weighted by atomic mass is 32.1. The van der Waals surface area contributed by atoms with Gasteiger partial charge in [0.2, 0.25) is 0 Å². The molecule has 3 rings (SSSR count). The molecule has 29 heavy (non-hydrogen) atoms. The summed E-state index contributed by atoms with van der Waals surface area (Å²) >= 11 is 1.75. The number of pyridine rings is 1. The molecule has 3 aromatic rings. The smallest absolute Gasteiger partial charge is 0.272 e. The maximum atomic E-state index is 13.4. The maximum Gasteiger partial charge on any atom is 0.272 e. The van der Waals surface area contributed by atoms with E-state index >= 15 is 0 Å². The minimum Gasteiger partial charge on any atom is -0.508 e. The second-order valence-corrected chi connectivity index (χ2v) is 10.8. The summed E-state index contributed by atoms with van der Waals surface area (Å²) in [6.45, 7) is 14.2. The minimum atomic E-state index is -0.0709. The molecule has 0 fully saturated rings. The molecule has 0 saturated carbocycles. The Labute approximate surface area is 177 Å². The van der Waals surface area contributed by atoms with E-state index in [4.69, 9.17) is 0 Å². The molecule has 5 heteroatoms. The fourth-order valence-electron chi connectivity index (χ4n) is 3.24.